The molecule has 1 unspecified atom stereocenters. The van der Waals surface area contributed by atoms with Crippen LogP contribution in [-0.4, -0.2) is 7.11 Å². The molecular weight excluding hydrogens is 334 g/mol. The van der Waals surface area contributed by atoms with E-state index in [2.05, 4.69) is 65.3 Å². The fourth-order valence-corrected chi connectivity index (χ4v) is 4.60. The first-order chi connectivity index (χ1) is 11.8. The molecule has 3 aromatic rings. The number of thiophene rings is 1. The summed E-state index contributed by atoms with van der Waals surface area (Å²) in [6.45, 7) is 0. The quantitative estimate of drug-likeness (QED) is 0.620. The number of anilines is 1. The molecule has 1 aliphatic heterocycles. The van der Waals surface area contributed by atoms with Crippen molar-refractivity contribution in [3.8, 4) is 5.75 Å². The molecule has 2 nitrogen and oxygen atoms in total. The molecule has 0 saturated carbocycles. The summed E-state index contributed by atoms with van der Waals surface area (Å²) in [5.41, 5.74) is 3.61. The van der Waals surface area contributed by atoms with E-state index in [4.69, 9.17) is 4.74 Å². The van der Waals surface area contributed by atoms with Gasteiger partial charge in [0, 0.05) is 4.90 Å². The smallest absolute Gasteiger partial charge is 0.118 e. The second kappa shape index (κ2) is 6.75. The average molecular weight is 351 g/mol. The Labute approximate surface area is 150 Å². The topological polar surface area (TPSA) is 21.3 Å². The SMILES string of the molecule is COc1ccc(C2C=C(c3cccs3)Nc3ccccc3S2)cc1. The molecule has 120 valence electrons. The lowest BCUT2D eigenvalue weighted by atomic mass is 10.1. The Morgan fingerprint density at radius 1 is 0.958 bits per heavy atom. The van der Waals surface area contributed by atoms with Crippen molar-refractivity contribution in [2.24, 2.45) is 0 Å². The molecule has 0 bridgehead atoms. The van der Waals surface area contributed by atoms with E-state index in [1.165, 1.54) is 21.0 Å². The number of para-hydroxylation sites is 1. The first-order valence-corrected chi connectivity index (χ1v) is 9.52. The Morgan fingerprint density at radius 2 is 1.79 bits per heavy atom. The van der Waals surface area contributed by atoms with Gasteiger partial charge < -0.3 is 10.1 Å². The Balaban J connectivity index is 1.77. The highest BCUT2D eigenvalue weighted by molar-refractivity contribution is 7.99. The van der Waals surface area contributed by atoms with Gasteiger partial charge in [-0.25, -0.2) is 0 Å². The summed E-state index contributed by atoms with van der Waals surface area (Å²) in [6.07, 6.45) is 2.32. The van der Waals surface area contributed by atoms with Crippen LogP contribution >= 0.6 is 23.1 Å². The number of ether oxygens (including phenoxy) is 1. The third kappa shape index (κ3) is 3.07. The van der Waals surface area contributed by atoms with Crippen molar-refractivity contribution in [1.29, 1.82) is 0 Å². The van der Waals surface area contributed by atoms with Crippen molar-refractivity contribution >= 4 is 34.5 Å². The molecule has 0 fully saturated rings. The van der Waals surface area contributed by atoms with E-state index in [9.17, 15) is 0 Å². The molecule has 0 aliphatic carbocycles. The van der Waals surface area contributed by atoms with E-state index in [0.717, 1.165) is 11.4 Å². The molecule has 0 spiro atoms. The van der Waals surface area contributed by atoms with Crippen LogP contribution in [0, 0.1) is 0 Å². The number of rotatable bonds is 3. The number of nitrogens with one attached hydrogen (secondary N) is 1. The van der Waals surface area contributed by atoms with Crippen LogP contribution in [0.25, 0.3) is 5.70 Å². The van der Waals surface area contributed by atoms with Gasteiger partial charge in [-0.1, -0.05) is 30.3 Å². The van der Waals surface area contributed by atoms with E-state index in [-0.39, 0.29) is 5.25 Å². The molecule has 1 N–H and O–H groups in total. The zero-order chi connectivity index (χ0) is 16.4. The van der Waals surface area contributed by atoms with Gasteiger partial charge in [0.05, 0.1) is 28.6 Å². The molecule has 0 radical (unpaired) electrons. The fourth-order valence-electron chi connectivity index (χ4n) is 2.72. The first-order valence-electron chi connectivity index (χ1n) is 7.76. The molecule has 1 atom stereocenters. The maximum absolute atomic E-state index is 5.28. The van der Waals surface area contributed by atoms with Gasteiger partial charge in [0.2, 0.25) is 0 Å². The predicted octanol–water partition coefficient (Wildman–Crippen LogP) is 6.06. The summed E-state index contributed by atoms with van der Waals surface area (Å²) in [7, 11) is 1.70. The van der Waals surface area contributed by atoms with Crippen LogP contribution in [0.2, 0.25) is 0 Å². The molecule has 1 aromatic heterocycles. The van der Waals surface area contributed by atoms with Gasteiger partial charge in [0.15, 0.2) is 0 Å². The summed E-state index contributed by atoms with van der Waals surface area (Å²) < 4.78 is 5.28. The zero-order valence-corrected chi connectivity index (χ0v) is 14.9. The van der Waals surface area contributed by atoms with Gasteiger partial charge in [-0.2, -0.15) is 0 Å². The summed E-state index contributed by atoms with van der Waals surface area (Å²) >= 11 is 3.63. The van der Waals surface area contributed by atoms with Crippen LogP contribution in [0.4, 0.5) is 5.69 Å². The second-order valence-corrected chi connectivity index (χ2v) is 7.62. The van der Waals surface area contributed by atoms with Gasteiger partial charge in [0.1, 0.15) is 5.75 Å². The van der Waals surface area contributed by atoms with Crippen LogP contribution in [0.5, 0.6) is 5.75 Å². The number of benzene rings is 2. The highest BCUT2D eigenvalue weighted by Gasteiger charge is 2.19. The molecule has 2 heterocycles. The van der Waals surface area contributed by atoms with Crippen molar-refractivity contribution in [3.05, 3.63) is 82.6 Å². The Kier molecular flexibility index (Phi) is 4.32. The van der Waals surface area contributed by atoms with E-state index >= 15 is 0 Å². The van der Waals surface area contributed by atoms with Crippen LogP contribution in [-0.2, 0) is 0 Å². The van der Waals surface area contributed by atoms with Crippen molar-refractivity contribution in [2.45, 2.75) is 10.1 Å². The van der Waals surface area contributed by atoms with Crippen LogP contribution in [0.1, 0.15) is 15.7 Å². The summed E-state index contributed by atoms with van der Waals surface area (Å²) in [6, 6.07) is 21.1. The fraction of sp³-hybridized carbons (Fsp3) is 0.100. The largest absolute Gasteiger partial charge is 0.497 e. The minimum absolute atomic E-state index is 0.254. The van der Waals surface area contributed by atoms with Gasteiger partial charge in [0.25, 0.3) is 0 Å². The number of thioether (sulfide) groups is 1. The van der Waals surface area contributed by atoms with Crippen LogP contribution < -0.4 is 10.1 Å². The monoisotopic (exact) mass is 351 g/mol. The standard InChI is InChI=1S/C20H17NOS2/c1-22-15-10-8-14(9-11-15)20-13-17(18-7-4-12-23-18)21-16-5-2-3-6-19(16)24-20/h2-13,20-21H,1H3. The van der Waals surface area contributed by atoms with Crippen molar-refractivity contribution in [2.75, 3.05) is 12.4 Å². The Bertz CT molecular complexity index is 854. The molecule has 24 heavy (non-hydrogen) atoms. The van der Waals surface area contributed by atoms with Gasteiger partial charge >= 0.3 is 0 Å². The maximum Gasteiger partial charge on any atom is 0.118 e. The zero-order valence-electron chi connectivity index (χ0n) is 13.2. The minimum atomic E-state index is 0.254. The number of hydrogen-bond donors (Lipinski definition) is 1. The van der Waals surface area contributed by atoms with Crippen molar-refractivity contribution in [1.82, 2.24) is 0 Å². The molecule has 1 aliphatic rings. The lowest BCUT2D eigenvalue weighted by molar-refractivity contribution is 0.414. The van der Waals surface area contributed by atoms with E-state index in [1.54, 1.807) is 18.4 Å². The number of fused-ring (bicyclic) bond motifs is 1. The highest BCUT2D eigenvalue weighted by atomic mass is 32.2. The molecule has 4 heteroatoms. The summed E-state index contributed by atoms with van der Waals surface area (Å²) in [4.78, 5) is 2.52. The summed E-state index contributed by atoms with van der Waals surface area (Å²) in [5.74, 6) is 0.887. The van der Waals surface area contributed by atoms with Gasteiger partial charge in [-0.15, -0.1) is 23.1 Å². The van der Waals surface area contributed by atoms with E-state index < -0.39 is 0 Å². The van der Waals surface area contributed by atoms with Crippen molar-refractivity contribution in [3.63, 3.8) is 0 Å². The normalized spacial score (nSPS) is 16.5. The van der Waals surface area contributed by atoms with E-state index in [0.29, 0.717) is 0 Å². The minimum Gasteiger partial charge on any atom is -0.497 e. The van der Waals surface area contributed by atoms with Gasteiger partial charge in [-0.3, -0.25) is 0 Å². The molecule has 0 amide bonds. The number of methoxy groups -OCH3 is 1. The molecule has 0 saturated heterocycles. The first kappa shape index (κ1) is 15.4. The third-order valence-corrected chi connectivity index (χ3v) is 6.13. The molecular formula is C20H17NOS2. The third-order valence-electron chi connectivity index (χ3n) is 3.96. The van der Waals surface area contributed by atoms with Crippen LogP contribution in [0.15, 0.2) is 77.0 Å². The maximum atomic E-state index is 5.28. The second-order valence-electron chi connectivity index (χ2n) is 5.49. The Morgan fingerprint density at radius 3 is 2.54 bits per heavy atom. The van der Waals surface area contributed by atoms with Crippen molar-refractivity contribution < 1.29 is 4.74 Å². The molecule has 2 aromatic carbocycles. The lowest BCUT2D eigenvalue weighted by Crippen LogP contribution is -1.97. The summed E-state index contributed by atoms with van der Waals surface area (Å²) in [5, 5.41) is 5.98. The predicted molar refractivity (Wildman–Crippen MR) is 104 cm³/mol. The Hall–Kier alpha value is -2.17. The highest BCUT2D eigenvalue weighted by Crippen LogP contribution is 2.45. The number of hydrogen-bond acceptors (Lipinski definition) is 4. The van der Waals surface area contributed by atoms with E-state index in [1.807, 2.05) is 23.9 Å². The van der Waals surface area contributed by atoms with Crippen LogP contribution in [0.3, 0.4) is 0 Å². The average Bonchev–Trinajstić information content (AvgIpc) is 3.09. The van der Waals surface area contributed by atoms with Gasteiger partial charge in [-0.05, 0) is 47.4 Å². The molecule has 4 rings (SSSR count). The lowest BCUT2D eigenvalue weighted by Gasteiger charge is -2.13.